The zero-order valence-electron chi connectivity index (χ0n) is 11.3. The highest BCUT2D eigenvalue weighted by atomic mass is 19.3. The number of Topliss-reactive ketones (excluding diaryl/α,β-unsaturated/α-hetero) is 1. The molecule has 3 nitrogen and oxygen atoms in total. The Morgan fingerprint density at radius 3 is 2.53 bits per heavy atom. The molecular formula is C14H18F2O3. The Balaban J connectivity index is 2.77. The van der Waals surface area contributed by atoms with E-state index in [1.165, 1.54) is 12.1 Å². The molecule has 1 aromatic rings. The number of ketones is 1. The van der Waals surface area contributed by atoms with Gasteiger partial charge in [-0.2, -0.15) is 8.78 Å². The van der Waals surface area contributed by atoms with E-state index in [0.29, 0.717) is 6.42 Å². The van der Waals surface area contributed by atoms with E-state index in [1.807, 2.05) is 13.8 Å². The van der Waals surface area contributed by atoms with Gasteiger partial charge in [0.2, 0.25) is 0 Å². The van der Waals surface area contributed by atoms with Crippen molar-refractivity contribution in [1.29, 1.82) is 0 Å². The van der Waals surface area contributed by atoms with Crippen molar-refractivity contribution in [1.82, 2.24) is 0 Å². The molecule has 5 heteroatoms. The van der Waals surface area contributed by atoms with Gasteiger partial charge in [0.05, 0.1) is 11.2 Å². The number of halogens is 2. The van der Waals surface area contributed by atoms with Crippen molar-refractivity contribution in [2.75, 3.05) is 7.11 Å². The Morgan fingerprint density at radius 1 is 1.32 bits per heavy atom. The summed E-state index contributed by atoms with van der Waals surface area (Å²) in [4.78, 5) is 12.0. The third-order valence-corrected chi connectivity index (χ3v) is 2.91. The van der Waals surface area contributed by atoms with E-state index >= 15 is 0 Å². The number of methoxy groups -OCH3 is 1. The topological polar surface area (TPSA) is 35.5 Å². The number of ether oxygens (including phenoxy) is 2. The Labute approximate surface area is 111 Å². The van der Waals surface area contributed by atoms with Crippen LogP contribution in [0.4, 0.5) is 8.78 Å². The van der Waals surface area contributed by atoms with Gasteiger partial charge in [0.15, 0.2) is 5.78 Å². The predicted molar refractivity (Wildman–Crippen MR) is 67.7 cm³/mol. The first-order valence-corrected chi connectivity index (χ1v) is 5.98. The number of para-hydroxylation sites is 1. The Morgan fingerprint density at radius 2 is 1.95 bits per heavy atom. The van der Waals surface area contributed by atoms with Crippen LogP contribution in [0.2, 0.25) is 0 Å². The molecule has 0 N–H and O–H groups in total. The van der Waals surface area contributed by atoms with Crippen molar-refractivity contribution >= 4 is 5.78 Å². The zero-order valence-corrected chi connectivity index (χ0v) is 11.3. The highest BCUT2D eigenvalue weighted by Gasteiger charge is 2.21. The van der Waals surface area contributed by atoms with Gasteiger partial charge < -0.3 is 9.47 Å². The molecule has 0 aliphatic heterocycles. The fourth-order valence-corrected chi connectivity index (χ4v) is 1.55. The molecule has 0 aliphatic carbocycles. The van der Waals surface area contributed by atoms with Crippen LogP contribution in [0.15, 0.2) is 24.3 Å². The molecule has 0 fully saturated rings. The van der Waals surface area contributed by atoms with Gasteiger partial charge >= 0.3 is 6.61 Å². The lowest BCUT2D eigenvalue weighted by molar-refractivity contribution is -0.0502. The number of benzene rings is 1. The maximum atomic E-state index is 12.2. The highest BCUT2D eigenvalue weighted by molar-refractivity contribution is 5.98. The summed E-state index contributed by atoms with van der Waals surface area (Å²) >= 11 is 0. The maximum absolute atomic E-state index is 12.2. The first kappa shape index (κ1) is 15.6. The van der Waals surface area contributed by atoms with Crippen molar-refractivity contribution in [3.8, 4) is 5.75 Å². The highest BCUT2D eigenvalue weighted by Crippen LogP contribution is 2.24. The zero-order chi connectivity index (χ0) is 14.5. The molecule has 106 valence electrons. The van der Waals surface area contributed by atoms with Gasteiger partial charge in [0.1, 0.15) is 5.75 Å². The van der Waals surface area contributed by atoms with Gasteiger partial charge in [-0.05, 0) is 32.4 Å². The van der Waals surface area contributed by atoms with Gasteiger partial charge in [0, 0.05) is 13.5 Å². The van der Waals surface area contributed by atoms with Gasteiger partial charge in [0.25, 0.3) is 0 Å². The molecule has 0 atom stereocenters. The molecule has 0 saturated carbocycles. The third-order valence-electron chi connectivity index (χ3n) is 2.91. The molecule has 0 amide bonds. The van der Waals surface area contributed by atoms with Crippen molar-refractivity contribution in [2.45, 2.75) is 38.9 Å². The number of hydrogen-bond donors (Lipinski definition) is 0. The van der Waals surface area contributed by atoms with Crippen LogP contribution in [-0.2, 0) is 4.74 Å². The molecular weight excluding hydrogens is 254 g/mol. The molecule has 1 rings (SSSR count). The van der Waals surface area contributed by atoms with E-state index in [0.717, 1.165) is 0 Å². The van der Waals surface area contributed by atoms with E-state index < -0.39 is 12.2 Å². The van der Waals surface area contributed by atoms with Gasteiger partial charge in [-0.3, -0.25) is 4.79 Å². The first-order chi connectivity index (χ1) is 8.85. The minimum atomic E-state index is -2.94. The SMILES string of the molecule is COC(C)(C)CCC(=O)c1ccccc1OC(F)F. The summed E-state index contributed by atoms with van der Waals surface area (Å²) in [6.45, 7) is 0.785. The van der Waals surface area contributed by atoms with Gasteiger partial charge in [-0.15, -0.1) is 0 Å². The second kappa shape index (κ2) is 6.61. The van der Waals surface area contributed by atoms with Crippen LogP contribution < -0.4 is 4.74 Å². The van der Waals surface area contributed by atoms with E-state index in [4.69, 9.17) is 4.74 Å². The van der Waals surface area contributed by atoms with Crippen LogP contribution in [0.1, 0.15) is 37.0 Å². The lowest BCUT2D eigenvalue weighted by atomic mass is 9.97. The number of carbonyl (C=O) groups is 1. The van der Waals surface area contributed by atoms with E-state index in [-0.39, 0.29) is 23.5 Å². The predicted octanol–water partition coefficient (Wildman–Crippen LogP) is 3.68. The van der Waals surface area contributed by atoms with Crippen molar-refractivity contribution < 1.29 is 23.0 Å². The molecule has 0 bridgehead atoms. The Bertz CT molecular complexity index is 430. The minimum Gasteiger partial charge on any atom is -0.434 e. The number of rotatable bonds is 7. The van der Waals surface area contributed by atoms with Crippen LogP contribution in [-0.4, -0.2) is 25.1 Å². The summed E-state index contributed by atoms with van der Waals surface area (Å²) in [5.74, 6) is -0.320. The largest absolute Gasteiger partial charge is 0.434 e. The van der Waals surface area contributed by atoms with Crippen molar-refractivity contribution in [3.05, 3.63) is 29.8 Å². The van der Waals surface area contributed by atoms with E-state index in [9.17, 15) is 13.6 Å². The maximum Gasteiger partial charge on any atom is 0.387 e. The van der Waals surface area contributed by atoms with Gasteiger partial charge in [-0.1, -0.05) is 12.1 Å². The lowest BCUT2D eigenvalue weighted by Gasteiger charge is -2.22. The van der Waals surface area contributed by atoms with Gasteiger partial charge in [-0.25, -0.2) is 0 Å². The summed E-state index contributed by atoms with van der Waals surface area (Å²) in [5, 5.41) is 0. The number of alkyl halides is 2. The summed E-state index contributed by atoms with van der Waals surface area (Å²) in [5.41, 5.74) is -0.247. The van der Waals surface area contributed by atoms with Crippen molar-refractivity contribution in [2.24, 2.45) is 0 Å². The Hall–Kier alpha value is -1.49. The second-order valence-electron chi connectivity index (χ2n) is 4.76. The molecule has 0 aromatic heterocycles. The summed E-state index contributed by atoms with van der Waals surface area (Å²) in [6, 6.07) is 6.02. The number of carbonyl (C=O) groups excluding carboxylic acids is 1. The van der Waals surface area contributed by atoms with Crippen LogP contribution in [0.5, 0.6) is 5.75 Å². The minimum absolute atomic E-state index is 0.0854. The summed E-state index contributed by atoms with van der Waals surface area (Å²) in [6.07, 6.45) is 0.718. The molecule has 0 heterocycles. The first-order valence-electron chi connectivity index (χ1n) is 5.98. The molecule has 0 unspecified atom stereocenters. The molecule has 19 heavy (non-hydrogen) atoms. The molecule has 0 spiro atoms. The smallest absolute Gasteiger partial charge is 0.387 e. The average Bonchev–Trinajstić information content (AvgIpc) is 2.36. The van der Waals surface area contributed by atoms with Crippen LogP contribution in [0, 0.1) is 0 Å². The second-order valence-corrected chi connectivity index (χ2v) is 4.76. The third kappa shape index (κ3) is 4.95. The monoisotopic (exact) mass is 272 g/mol. The average molecular weight is 272 g/mol. The standard InChI is InChI=1S/C14H18F2O3/c1-14(2,18-3)9-8-11(17)10-6-4-5-7-12(10)19-13(15)16/h4-7,13H,8-9H2,1-3H3. The quantitative estimate of drug-likeness (QED) is 0.710. The van der Waals surface area contributed by atoms with E-state index in [1.54, 1.807) is 19.2 Å². The summed E-state index contributed by atoms with van der Waals surface area (Å²) in [7, 11) is 1.57. The Kier molecular flexibility index (Phi) is 5.42. The fraction of sp³-hybridized carbons (Fsp3) is 0.500. The molecule has 1 aromatic carbocycles. The number of hydrogen-bond acceptors (Lipinski definition) is 3. The molecule has 0 radical (unpaired) electrons. The summed E-state index contributed by atoms with van der Waals surface area (Å²) < 4.78 is 34.0. The molecule has 0 saturated heterocycles. The fourth-order valence-electron chi connectivity index (χ4n) is 1.55. The van der Waals surface area contributed by atoms with E-state index in [2.05, 4.69) is 4.74 Å². The molecule has 0 aliphatic rings. The lowest BCUT2D eigenvalue weighted by Crippen LogP contribution is -2.23. The van der Waals surface area contributed by atoms with Crippen LogP contribution in [0.3, 0.4) is 0 Å². The van der Waals surface area contributed by atoms with Crippen LogP contribution in [0.25, 0.3) is 0 Å². The van der Waals surface area contributed by atoms with Crippen molar-refractivity contribution in [3.63, 3.8) is 0 Å². The normalized spacial score (nSPS) is 11.7. The van der Waals surface area contributed by atoms with Crippen LogP contribution >= 0.6 is 0 Å².